The van der Waals surface area contributed by atoms with Gasteiger partial charge in [-0.2, -0.15) is 0 Å². The summed E-state index contributed by atoms with van der Waals surface area (Å²) in [5, 5.41) is 3.14. The summed E-state index contributed by atoms with van der Waals surface area (Å²) in [6.45, 7) is 5.35. The third-order valence-corrected chi connectivity index (χ3v) is 4.98. The third-order valence-electron chi connectivity index (χ3n) is 3.80. The number of esters is 1. The molecule has 2 aromatic heterocycles. The van der Waals surface area contributed by atoms with Crippen molar-refractivity contribution in [3.63, 3.8) is 0 Å². The number of nitrogens with zero attached hydrogens (tertiary/aromatic N) is 1. The van der Waals surface area contributed by atoms with Gasteiger partial charge in [0.05, 0.1) is 28.1 Å². The molecular weight excluding hydrogens is 354 g/mol. The van der Waals surface area contributed by atoms with Crippen LogP contribution in [0.2, 0.25) is 0 Å². The first-order valence-corrected chi connectivity index (χ1v) is 8.81. The largest absolute Gasteiger partial charge is 0.462 e. The molecule has 0 fully saturated rings. The van der Waals surface area contributed by atoms with Crippen molar-refractivity contribution in [2.45, 2.75) is 20.8 Å². The number of ether oxygens (including phenoxy) is 1. The van der Waals surface area contributed by atoms with Crippen LogP contribution in [-0.2, 0) is 4.74 Å². The lowest BCUT2D eigenvalue weighted by Gasteiger charge is -2.10. The summed E-state index contributed by atoms with van der Waals surface area (Å²) < 4.78 is 5.01. The molecule has 3 rings (SSSR count). The highest BCUT2D eigenvalue weighted by atomic mass is 32.1. The molecule has 0 bridgehead atoms. The number of para-hydroxylation sites is 1. The van der Waals surface area contributed by atoms with Crippen molar-refractivity contribution >= 4 is 39.1 Å². The van der Waals surface area contributed by atoms with Gasteiger partial charge in [0, 0.05) is 0 Å². The van der Waals surface area contributed by atoms with Crippen molar-refractivity contribution < 1.29 is 14.3 Å². The van der Waals surface area contributed by atoms with Crippen LogP contribution >= 0.6 is 11.3 Å². The summed E-state index contributed by atoms with van der Waals surface area (Å²) in [4.78, 5) is 44.7. The first kappa shape index (κ1) is 17.8. The van der Waals surface area contributed by atoms with E-state index in [0.29, 0.717) is 32.2 Å². The lowest BCUT2D eigenvalue weighted by atomic mass is 10.1. The number of rotatable bonds is 4. The summed E-state index contributed by atoms with van der Waals surface area (Å²) >= 11 is 1.14. The number of aromatic nitrogens is 2. The van der Waals surface area contributed by atoms with Crippen LogP contribution in [0.3, 0.4) is 0 Å². The Morgan fingerprint density at radius 1 is 1.27 bits per heavy atom. The molecule has 0 saturated heterocycles. The van der Waals surface area contributed by atoms with E-state index in [-0.39, 0.29) is 17.7 Å². The van der Waals surface area contributed by atoms with Crippen molar-refractivity contribution in [3.8, 4) is 0 Å². The molecule has 0 saturated carbocycles. The number of hydrogen-bond donors (Lipinski definition) is 2. The Kier molecular flexibility index (Phi) is 4.85. The second-order valence-corrected chi connectivity index (χ2v) is 6.61. The van der Waals surface area contributed by atoms with E-state index in [1.165, 1.54) is 0 Å². The molecule has 0 aliphatic heterocycles. The number of benzene rings is 1. The zero-order chi connectivity index (χ0) is 18.8. The summed E-state index contributed by atoms with van der Waals surface area (Å²) in [6, 6.07) is 6.62. The van der Waals surface area contributed by atoms with Crippen molar-refractivity contribution in [2.75, 3.05) is 11.9 Å². The Morgan fingerprint density at radius 3 is 2.73 bits per heavy atom. The lowest BCUT2D eigenvalue weighted by Crippen LogP contribution is -2.16. The number of thiophene rings is 1. The summed E-state index contributed by atoms with van der Waals surface area (Å²) in [5.74, 6) is -0.423. The average Bonchev–Trinajstić information content (AvgIpc) is 2.92. The highest BCUT2D eigenvalue weighted by molar-refractivity contribution is 7.20. The molecule has 1 amide bonds. The summed E-state index contributed by atoms with van der Waals surface area (Å²) in [7, 11) is 0. The standard InChI is InChI=1S/C18H17N3O4S/c1-4-25-18(24)11-7-5-6-8-12(11)21-16(23)14-9(2)13-15(22)19-10(3)20-17(13)26-14/h5-8H,4H2,1-3H3,(H,21,23)(H,19,20,22). The minimum absolute atomic E-state index is 0.240. The number of amides is 1. The number of aromatic amines is 1. The maximum absolute atomic E-state index is 12.7. The lowest BCUT2D eigenvalue weighted by molar-refractivity contribution is 0.0527. The number of carbonyl (C=O) groups excluding carboxylic acids is 2. The van der Waals surface area contributed by atoms with E-state index < -0.39 is 11.9 Å². The number of H-pyrrole nitrogens is 1. The molecule has 0 spiro atoms. The molecule has 1 aromatic carbocycles. The molecule has 0 radical (unpaired) electrons. The van der Waals surface area contributed by atoms with Crippen molar-refractivity contribution in [1.82, 2.24) is 9.97 Å². The highest BCUT2D eigenvalue weighted by Crippen LogP contribution is 2.28. The monoisotopic (exact) mass is 371 g/mol. The van der Waals surface area contributed by atoms with Crippen LogP contribution in [-0.4, -0.2) is 28.5 Å². The summed E-state index contributed by atoms with van der Waals surface area (Å²) in [6.07, 6.45) is 0. The maximum Gasteiger partial charge on any atom is 0.340 e. The first-order chi connectivity index (χ1) is 12.4. The fourth-order valence-electron chi connectivity index (χ4n) is 2.63. The zero-order valence-electron chi connectivity index (χ0n) is 14.5. The van der Waals surface area contributed by atoms with Crippen molar-refractivity contribution in [3.05, 3.63) is 56.4 Å². The molecule has 0 unspecified atom stereocenters. The predicted molar refractivity (Wildman–Crippen MR) is 100 cm³/mol. The van der Waals surface area contributed by atoms with Gasteiger partial charge in [-0.15, -0.1) is 11.3 Å². The fourth-order valence-corrected chi connectivity index (χ4v) is 3.75. The predicted octanol–water partition coefficient (Wildman–Crippen LogP) is 3.03. The first-order valence-electron chi connectivity index (χ1n) is 8.00. The molecule has 26 heavy (non-hydrogen) atoms. The number of fused-ring (bicyclic) bond motifs is 1. The Hall–Kier alpha value is -3.00. The molecule has 8 heteroatoms. The van der Waals surface area contributed by atoms with Gasteiger partial charge in [-0.1, -0.05) is 12.1 Å². The molecular formula is C18H17N3O4S. The normalized spacial score (nSPS) is 10.7. The van der Waals surface area contributed by atoms with Gasteiger partial charge >= 0.3 is 5.97 Å². The minimum atomic E-state index is -0.509. The van der Waals surface area contributed by atoms with Gasteiger partial charge in [-0.05, 0) is 38.5 Å². The van der Waals surface area contributed by atoms with E-state index in [1.54, 1.807) is 45.0 Å². The Morgan fingerprint density at radius 2 is 2.00 bits per heavy atom. The minimum Gasteiger partial charge on any atom is -0.462 e. The van der Waals surface area contributed by atoms with E-state index in [9.17, 15) is 14.4 Å². The van der Waals surface area contributed by atoms with Gasteiger partial charge in [0.1, 0.15) is 10.7 Å². The van der Waals surface area contributed by atoms with Gasteiger partial charge in [-0.3, -0.25) is 9.59 Å². The van der Waals surface area contributed by atoms with Crippen LogP contribution in [0.5, 0.6) is 0 Å². The number of anilines is 1. The van der Waals surface area contributed by atoms with E-state index in [0.717, 1.165) is 11.3 Å². The fraction of sp³-hybridized carbons (Fsp3) is 0.222. The van der Waals surface area contributed by atoms with Crippen LogP contribution in [0.1, 0.15) is 38.3 Å². The van der Waals surface area contributed by atoms with E-state index in [4.69, 9.17) is 4.74 Å². The molecule has 0 atom stereocenters. The zero-order valence-corrected chi connectivity index (χ0v) is 15.3. The molecule has 0 aliphatic rings. The van der Waals surface area contributed by atoms with E-state index in [1.807, 2.05) is 0 Å². The van der Waals surface area contributed by atoms with Gasteiger partial charge in [0.2, 0.25) is 0 Å². The van der Waals surface area contributed by atoms with Gasteiger partial charge < -0.3 is 15.0 Å². The molecule has 0 aliphatic carbocycles. The van der Waals surface area contributed by atoms with Crippen LogP contribution in [0.4, 0.5) is 5.69 Å². The van der Waals surface area contributed by atoms with Crippen LogP contribution in [0, 0.1) is 13.8 Å². The average molecular weight is 371 g/mol. The second kappa shape index (κ2) is 7.09. The molecule has 7 nitrogen and oxygen atoms in total. The maximum atomic E-state index is 12.7. The van der Waals surface area contributed by atoms with Crippen LogP contribution in [0.25, 0.3) is 10.2 Å². The van der Waals surface area contributed by atoms with Gasteiger partial charge in [-0.25, -0.2) is 9.78 Å². The van der Waals surface area contributed by atoms with Crippen LogP contribution < -0.4 is 10.9 Å². The summed E-state index contributed by atoms with van der Waals surface area (Å²) in [5.41, 5.74) is 0.913. The molecule has 2 heterocycles. The number of hydrogen-bond acceptors (Lipinski definition) is 6. The van der Waals surface area contributed by atoms with Crippen LogP contribution in [0.15, 0.2) is 29.1 Å². The smallest absolute Gasteiger partial charge is 0.340 e. The Bertz CT molecular complexity index is 1070. The topological polar surface area (TPSA) is 101 Å². The van der Waals surface area contributed by atoms with E-state index >= 15 is 0 Å². The van der Waals surface area contributed by atoms with Gasteiger partial charge in [0.25, 0.3) is 11.5 Å². The quantitative estimate of drug-likeness (QED) is 0.687. The SMILES string of the molecule is CCOC(=O)c1ccccc1NC(=O)c1sc2nc(C)[nH]c(=O)c2c1C. The number of carbonyl (C=O) groups is 2. The number of aryl methyl sites for hydroxylation is 2. The molecule has 134 valence electrons. The molecule has 2 N–H and O–H groups in total. The Labute approximate surface area is 153 Å². The van der Waals surface area contributed by atoms with Crippen molar-refractivity contribution in [2.24, 2.45) is 0 Å². The molecule has 3 aromatic rings. The van der Waals surface area contributed by atoms with Gasteiger partial charge in [0.15, 0.2) is 0 Å². The third kappa shape index (κ3) is 3.23. The second-order valence-electron chi connectivity index (χ2n) is 5.61. The van der Waals surface area contributed by atoms with E-state index in [2.05, 4.69) is 15.3 Å². The highest BCUT2D eigenvalue weighted by Gasteiger charge is 2.21. The number of nitrogens with one attached hydrogen (secondary N) is 2. The Balaban J connectivity index is 1.99. The van der Waals surface area contributed by atoms with Crippen molar-refractivity contribution in [1.29, 1.82) is 0 Å².